The van der Waals surface area contributed by atoms with Crippen LogP contribution in [0.1, 0.15) is 18.4 Å². The third kappa shape index (κ3) is 8.60. The van der Waals surface area contributed by atoms with Crippen LogP contribution in [0.4, 0.5) is 4.79 Å². The molecule has 2 amide bonds. The Labute approximate surface area is 251 Å². The van der Waals surface area contributed by atoms with Crippen molar-refractivity contribution in [3.05, 3.63) is 52.0 Å². The van der Waals surface area contributed by atoms with Crippen LogP contribution in [-0.2, 0) is 10.0 Å². The van der Waals surface area contributed by atoms with Gasteiger partial charge in [-0.3, -0.25) is 4.90 Å². The number of piperazine rings is 1. The van der Waals surface area contributed by atoms with E-state index in [1.54, 1.807) is 6.07 Å². The van der Waals surface area contributed by atoms with Gasteiger partial charge in [0, 0.05) is 68.4 Å². The Morgan fingerprint density at radius 1 is 1.05 bits per heavy atom. The van der Waals surface area contributed by atoms with Crippen LogP contribution in [0.25, 0.3) is 0 Å². The predicted molar refractivity (Wildman–Crippen MR) is 157 cm³/mol. The number of sulfonamides is 1. The smallest absolute Gasteiger partial charge is 0.315 e. The first-order valence-corrected chi connectivity index (χ1v) is 15.0. The summed E-state index contributed by atoms with van der Waals surface area (Å²) in [5.41, 5.74) is 0.190. The van der Waals surface area contributed by atoms with Gasteiger partial charge in [-0.2, -0.15) is 9.57 Å². The van der Waals surface area contributed by atoms with Crippen LogP contribution in [-0.4, -0.2) is 94.0 Å². The van der Waals surface area contributed by atoms with Gasteiger partial charge in [0.05, 0.1) is 11.6 Å². The van der Waals surface area contributed by atoms with Gasteiger partial charge in [0.2, 0.25) is 10.0 Å². The van der Waals surface area contributed by atoms with Crippen LogP contribution in [0.3, 0.4) is 0 Å². The number of nitriles is 1. The largest absolute Gasteiger partial charge is 0.456 e. The first kappa shape index (κ1) is 32.2. The maximum atomic E-state index is 13.6. The molecule has 2 aliphatic rings. The number of ether oxygens (including phenoxy) is 1. The highest BCUT2D eigenvalue weighted by molar-refractivity contribution is 7.89. The predicted octanol–water partition coefficient (Wildman–Crippen LogP) is 3.78. The molecule has 0 radical (unpaired) electrons. The number of likely N-dealkylation sites (N-methyl/N-ethyl adjacent to an activating group) is 1. The van der Waals surface area contributed by atoms with Crippen molar-refractivity contribution in [3.63, 3.8) is 0 Å². The number of halogens is 3. The first-order valence-electron chi connectivity index (χ1n) is 12.8. The number of hydrogen-bond donors (Lipinski definition) is 2. The fraction of sp³-hybridized carbons (Fsp3) is 0.462. The molecule has 2 heterocycles. The maximum Gasteiger partial charge on any atom is 0.315 e. The summed E-state index contributed by atoms with van der Waals surface area (Å²) in [4.78, 5) is 16.9. The Kier molecular flexibility index (Phi) is 11.7. The number of nitrogens with zero attached hydrogens (tertiary/aromatic N) is 4. The van der Waals surface area contributed by atoms with Gasteiger partial charge >= 0.3 is 6.03 Å². The van der Waals surface area contributed by atoms with Crippen LogP contribution >= 0.6 is 35.6 Å². The lowest BCUT2D eigenvalue weighted by atomic mass is 10.1. The number of piperidine rings is 1. The Bertz CT molecular complexity index is 1300. The van der Waals surface area contributed by atoms with E-state index in [1.165, 1.54) is 34.6 Å². The van der Waals surface area contributed by atoms with Crippen LogP contribution in [0.15, 0.2) is 41.3 Å². The highest BCUT2D eigenvalue weighted by atomic mass is 35.5. The fourth-order valence-electron chi connectivity index (χ4n) is 4.59. The lowest BCUT2D eigenvalue weighted by molar-refractivity contribution is 0.154. The molecule has 0 spiro atoms. The van der Waals surface area contributed by atoms with Gasteiger partial charge in [-0.1, -0.05) is 23.2 Å². The van der Waals surface area contributed by atoms with Crippen molar-refractivity contribution in [2.24, 2.45) is 0 Å². The monoisotopic (exact) mass is 630 g/mol. The first-order chi connectivity index (χ1) is 18.6. The van der Waals surface area contributed by atoms with Gasteiger partial charge < -0.3 is 20.3 Å². The molecular weight excluding hydrogens is 599 g/mol. The van der Waals surface area contributed by atoms with Gasteiger partial charge in [-0.25, -0.2) is 13.2 Å². The lowest BCUT2D eigenvalue weighted by Crippen LogP contribution is -2.51. The van der Waals surface area contributed by atoms with Crippen LogP contribution in [0.5, 0.6) is 11.5 Å². The summed E-state index contributed by atoms with van der Waals surface area (Å²) in [7, 11) is -1.89. The lowest BCUT2D eigenvalue weighted by Gasteiger charge is -2.33. The van der Waals surface area contributed by atoms with E-state index >= 15 is 0 Å². The molecule has 2 fully saturated rings. The molecular formula is C26H33Cl3N6O4S. The van der Waals surface area contributed by atoms with Gasteiger partial charge in [-0.15, -0.1) is 12.4 Å². The second kappa shape index (κ2) is 14.5. The quantitative estimate of drug-likeness (QED) is 0.455. The molecule has 0 saturated carbocycles. The van der Waals surface area contributed by atoms with E-state index in [2.05, 4.69) is 27.5 Å². The number of benzene rings is 2. The Hall–Kier alpha value is -2.30. The minimum atomic E-state index is -3.99. The van der Waals surface area contributed by atoms with E-state index in [-0.39, 0.29) is 59.5 Å². The highest BCUT2D eigenvalue weighted by Gasteiger charge is 2.32. The second-order valence-corrected chi connectivity index (χ2v) is 12.5. The number of amides is 2. The molecule has 2 aromatic rings. The Balaban J connectivity index is 0.00000441. The molecule has 2 saturated heterocycles. The van der Waals surface area contributed by atoms with E-state index in [0.29, 0.717) is 29.4 Å². The second-order valence-electron chi connectivity index (χ2n) is 9.70. The molecule has 40 heavy (non-hydrogen) atoms. The van der Waals surface area contributed by atoms with Crippen LogP contribution < -0.4 is 15.4 Å². The summed E-state index contributed by atoms with van der Waals surface area (Å²) in [5, 5.41) is 15.9. The third-order valence-electron chi connectivity index (χ3n) is 6.85. The molecule has 0 atom stereocenters. The molecule has 14 heteroatoms. The molecule has 218 valence electrons. The minimum Gasteiger partial charge on any atom is -0.456 e. The summed E-state index contributed by atoms with van der Waals surface area (Å²) in [6.07, 6.45) is 0.923. The zero-order valence-corrected chi connectivity index (χ0v) is 25.3. The zero-order chi connectivity index (χ0) is 28.0. The number of carbonyl (C=O) groups excluding carboxylic acids is 1. The molecule has 0 bridgehead atoms. The fourth-order valence-corrected chi connectivity index (χ4v) is 6.71. The van der Waals surface area contributed by atoms with Gasteiger partial charge in [0.1, 0.15) is 16.4 Å². The maximum absolute atomic E-state index is 13.6. The van der Waals surface area contributed by atoms with Crippen molar-refractivity contribution < 1.29 is 17.9 Å². The molecule has 0 unspecified atom stereocenters. The topological polar surface area (TPSA) is 118 Å². The van der Waals surface area contributed by atoms with Crippen molar-refractivity contribution in [2.45, 2.75) is 23.8 Å². The zero-order valence-electron chi connectivity index (χ0n) is 22.1. The molecule has 2 aliphatic heterocycles. The molecule has 4 rings (SSSR count). The normalized spacial score (nSPS) is 17.4. The van der Waals surface area contributed by atoms with Crippen molar-refractivity contribution >= 4 is 51.7 Å². The number of nitrogens with one attached hydrogen (secondary N) is 2. The van der Waals surface area contributed by atoms with Crippen LogP contribution in [0, 0.1) is 11.3 Å². The van der Waals surface area contributed by atoms with Gasteiger partial charge in [0.25, 0.3) is 0 Å². The van der Waals surface area contributed by atoms with E-state index in [0.717, 1.165) is 32.7 Å². The number of urea groups is 1. The Morgan fingerprint density at radius 3 is 2.33 bits per heavy atom. The third-order valence-corrected chi connectivity index (χ3v) is 9.21. The highest BCUT2D eigenvalue weighted by Crippen LogP contribution is 2.35. The van der Waals surface area contributed by atoms with Gasteiger partial charge in [-0.05, 0) is 56.3 Å². The van der Waals surface area contributed by atoms with Crippen molar-refractivity contribution in [1.82, 2.24) is 24.7 Å². The Morgan fingerprint density at radius 2 is 1.70 bits per heavy atom. The summed E-state index contributed by atoms with van der Waals surface area (Å²) >= 11 is 12.1. The molecule has 10 nitrogen and oxygen atoms in total. The summed E-state index contributed by atoms with van der Waals surface area (Å²) < 4.78 is 34.4. The van der Waals surface area contributed by atoms with Crippen molar-refractivity contribution in [3.8, 4) is 17.6 Å². The number of carbonyl (C=O) groups is 1. The molecule has 2 aromatic carbocycles. The standard InChI is InChI=1S/C26H32Cl2N6O4S.ClH/c1-32-10-12-33(13-11-32)9-6-30-26(35)31-22-4-7-34(8-5-22)39(36,37)25-14-19(18-29)2-3-24(25)38-23-16-20(27)15-21(28)17-23;/h2-3,14-17,22H,4-13H2,1H3,(H2,30,31,35);1H. The van der Waals surface area contributed by atoms with E-state index < -0.39 is 10.0 Å². The molecule has 2 N–H and O–H groups in total. The summed E-state index contributed by atoms with van der Waals surface area (Å²) in [6, 6.07) is 10.4. The van der Waals surface area contributed by atoms with Gasteiger partial charge in [0.15, 0.2) is 0 Å². The minimum absolute atomic E-state index is 0. The molecule has 0 aliphatic carbocycles. The van der Waals surface area contributed by atoms with Crippen molar-refractivity contribution in [2.75, 3.05) is 59.4 Å². The van der Waals surface area contributed by atoms with E-state index in [1.807, 2.05) is 6.07 Å². The number of hydrogen-bond acceptors (Lipinski definition) is 7. The molecule has 0 aromatic heterocycles. The SMILES string of the molecule is CN1CCN(CCNC(=O)NC2CCN(S(=O)(=O)c3cc(C#N)ccc3Oc3cc(Cl)cc(Cl)c3)CC2)CC1.Cl. The summed E-state index contributed by atoms with van der Waals surface area (Å²) in [6.45, 7) is 5.81. The summed E-state index contributed by atoms with van der Waals surface area (Å²) in [5.74, 6) is 0.336. The van der Waals surface area contributed by atoms with E-state index in [4.69, 9.17) is 27.9 Å². The van der Waals surface area contributed by atoms with Crippen molar-refractivity contribution in [1.29, 1.82) is 5.26 Å². The van der Waals surface area contributed by atoms with E-state index in [9.17, 15) is 18.5 Å². The average Bonchev–Trinajstić information content (AvgIpc) is 2.90. The average molecular weight is 632 g/mol. The van der Waals surface area contributed by atoms with Crippen LogP contribution in [0.2, 0.25) is 10.0 Å². The number of rotatable bonds is 8.